The van der Waals surface area contributed by atoms with Gasteiger partial charge in [0.2, 0.25) is 0 Å². The lowest BCUT2D eigenvalue weighted by Gasteiger charge is -2.32. The van der Waals surface area contributed by atoms with E-state index in [1.807, 2.05) is 27.7 Å². The molecule has 0 N–H and O–H groups in total. The molecule has 0 saturated heterocycles. The standard InChI is InChI=1S/C17H28O4/c1-7-9-20-15(18)17(11-13(3)4,12-14(5)6)16(19)21-10-8-2/h7-8,13-14H,1-2,9-12H2,3-6H3. The summed E-state index contributed by atoms with van der Waals surface area (Å²) in [6.07, 6.45) is 3.78. The Kier molecular flexibility index (Phi) is 8.67. The normalized spacial score (nSPS) is 11.3. The van der Waals surface area contributed by atoms with Crippen LogP contribution in [0.15, 0.2) is 25.3 Å². The zero-order valence-electron chi connectivity index (χ0n) is 13.7. The molecule has 0 saturated carbocycles. The van der Waals surface area contributed by atoms with Crippen molar-refractivity contribution in [1.29, 1.82) is 0 Å². The predicted molar refractivity (Wildman–Crippen MR) is 83.7 cm³/mol. The molecule has 0 heterocycles. The van der Waals surface area contributed by atoms with Crippen LogP contribution in [-0.4, -0.2) is 25.2 Å². The lowest BCUT2D eigenvalue weighted by atomic mass is 9.74. The topological polar surface area (TPSA) is 52.6 Å². The molecule has 0 fully saturated rings. The van der Waals surface area contributed by atoms with Crippen LogP contribution in [0.3, 0.4) is 0 Å². The summed E-state index contributed by atoms with van der Waals surface area (Å²) in [5.41, 5.74) is -1.26. The van der Waals surface area contributed by atoms with Crippen molar-refractivity contribution in [2.45, 2.75) is 40.5 Å². The second kappa shape index (κ2) is 9.37. The maximum absolute atomic E-state index is 12.5. The zero-order chi connectivity index (χ0) is 16.5. The molecule has 4 heteroatoms. The molecule has 0 atom stereocenters. The predicted octanol–water partition coefficient (Wildman–Crippen LogP) is 3.52. The molecule has 0 spiro atoms. The average molecular weight is 296 g/mol. The number of rotatable bonds is 10. The van der Waals surface area contributed by atoms with E-state index in [4.69, 9.17) is 9.47 Å². The van der Waals surface area contributed by atoms with E-state index in [0.717, 1.165) is 0 Å². The molecule has 0 radical (unpaired) electrons. The lowest BCUT2D eigenvalue weighted by molar-refractivity contribution is -0.174. The third-order valence-electron chi connectivity index (χ3n) is 2.96. The van der Waals surface area contributed by atoms with Crippen molar-refractivity contribution in [1.82, 2.24) is 0 Å². The van der Waals surface area contributed by atoms with E-state index in [0.29, 0.717) is 12.8 Å². The van der Waals surface area contributed by atoms with Crippen LogP contribution in [0.2, 0.25) is 0 Å². The summed E-state index contributed by atoms with van der Waals surface area (Å²) in [6, 6.07) is 0. The molecule has 0 aliphatic rings. The van der Waals surface area contributed by atoms with Crippen LogP contribution < -0.4 is 0 Å². The summed E-state index contributed by atoms with van der Waals surface area (Å²) < 4.78 is 10.4. The Morgan fingerprint density at radius 3 is 1.48 bits per heavy atom. The summed E-state index contributed by atoms with van der Waals surface area (Å²) in [5.74, 6) is -0.731. The summed E-state index contributed by atoms with van der Waals surface area (Å²) >= 11 is 0. The molecule has 0 unspecified atom stereocenters. The van der Waals surface area contributed by atoms with Crippen molar-refractivity contribution < 1.29 is 19.1 Å². The van der Waals surface area contributed by atoms with E-state index >= 15 is 0 Å². The molecule has 0 rings (SSSR count). The fourth-order valence-corrected chi connectivity index (χ4v) is 2.44. The molecule has 0 amide bonds. The highest BCUT2D eigenvalue weighted by Gasteiger charge is 2.49. The third-order valence-corrected chi connectivity index (χ3v) is 2.96. The van der Waals surface area contributed by atoms with Crippen LogP contribution in [0, 0.1) is 17.3 Å². The third kappa shape index (κ3) is 6.15. The lowest BCUT2D eigenvalue weighted by Crippen LogP contribution is -2.44. The molecule has 0 aromatic rings. The van der Waals surface area contributed by atoms with E-state index in [9.17, 15) is 9.59 Å². The summed E-state index contributed by atoms with van der Waals surface area (Å²) in [5, 5.41) is 0. The number of carbonyl (C=O) groups is 2. The Balaban J connectivity index is 5.48. The maximum Gasteiger partial charge on any atom is 0.323 e. The van der Waals surface area contributed by atoms with Gasteiger partial charge in [-0.25, -0.2) is 0 Å². The van der Waals surface area contributed by atoms with Gasteiger partial charge < -0.3 is 9.47 Å². The highest BCUT2D eigenvalue weighted by Crippen LogP contribution is 2.37. The molecule has 0 aromatic carbocycles. The summed E-state index contributed by atoms with van der Waals surface area (Å²) in [6.45, 7) is 15.1. The van der Waals surface area contributed by atoms with Gasteiger partial charge in [0, 0.05) is 0 Å². The number of carbonyl (C=O) groups excluding carboxylic acids is 2. The fraction of sp³-hybridized carbons (Fsp3) is 0.647. The second-order valence-electron chi connectivity index (χ2n) is 6.05. The molecule has 4 nitrogen and oxygen atoms in total. The quantitative estimate of drug-likeness (QED) is 0.351. The number of ether oxygens (including phenoxy) is 2. The molecule has 0 aliphatic carbocycles. The van der Waals surface area contributed by atoms with Gasteiger partial charge in [0.15, 0.2) is 5.41 Å². The first-order chi connectivity index (χ1) is 9.80. The van der Waals surface area contributed by atoms with Gasteiger partial charge >= 0.3 is 11.9 Å². The van der Waals surface area contributed by atoms with Gasteiger partial charge in [0.25, 0.3) is 0 Å². The van der Waals surface area contributed by atoms with Gasteiger partial charge in [-0.05, 0) is 24.7 Å². The Morgan fingerprint density at radius 1 is 0.905 bits per heavy atom. The van der Waals surface area contributed by atoms with Crippen LogP contribution >= 0.6 is 0 Å². The van der Waals surface area contributed by atoms with Crippen LogP contribution in [0.25, 0.3) is 0 Å². The first-order valence-corrected chi connectivity index (χ1v) is 7.36. The maximum atomic E-state index is 12.5. The first-order valence-electron chi connectivity index (χ1n) is 7.36. The number of esters is 2. The Hall–Kier alpha value is -1.58. The van der Waals surface area contributed by atoms with E-state index in [2.05, 4.69) is 13.2 Å². The van der Waals surface area contributed by atoms with Crippen LogP contribution in [0.4, 0.5) is 0 Å². The largest absolute Gasteiger partial charge is 0.461 e. The summed E-state index contributed by atoms with van der Waals surface area (Å²) in [7, 11) is 0. The van der Waals surface area contributed by atoms with Crippen LogP contribution in [0.5, 0.6) is 0 Å². The van der Waals surface area contributed by atoms with Gasteiger partial charge in [0.1, 0.15) is 13.2 Å². The van der Waals surface area contributed by atoms with Gasteiger partial charge in [-0.3, -0.25) is 9.59 Å². The smallest absolute Gasteiger partial charge is 0.323 e. The van der Waals surface area contributed by atoms with E-state index < -0.39 is 17.4 Å². The molecule has 120 valence electrons. The van der Waals surface area contributed by atoms with Gasteiger partial charge in [-0.1, -0.05) is 53.0 Å². The van der Waals surface area contributed by atoms with Crippen molar-refractivity contribution in [3.8, 4) is 0 Å². The van der Waals surface area contributed by atoms with Gasteiger partial charge in [-0.2, -0.15) is 0 Å². The van der Waals surface area contributed by atoms with Crippen molar-refractivity contribution >= 4 is 11.9 Å². The Bertz CT molecular complexity index is 333. The molecule has 0 aromatic heterocycles. The minimum atomic E-state index is -1.26. The highest BCUT2D eigenvalue weighted by molar-refractivity contribution is 6.00. The van der Waals surface area contributed by atoms with Crippen molar-refractivity contribution in [2.24, 2.45) is 17.3 Å². The van der Waals surface area contributed by atoms with Crippen LogP contribution in [-0.2, 0) is 19.1 Å². The Labute approximate surface area is 128 Å². The van der Waals surface area contributed by atoms with E-state index in [-0.39, 0.29) is 25.0 Å². The fourth-order valence-electron chi connectivity index (χ4n) is 2.44. The minimum absolute atomic E-state index is 0.0888. The molecular weight excluding hydrogens is 268 g/mol. The van der Waals surface area contributed by atoms with Crippen LogP contribution in [0.1, 0.15) is 40.5 Å². The number of hydrogen-bond acceptors (Lipinski definition) is 4. The molecular formula is C17H28O4. The van der Waals surface area contributed by atoms with Crippen molar-refractivity contribution in [3.05, 3.63) is 25.3 Å². The SMILES string of the molecule is C=CCOC(=O)C(CC(C)C)(CC(C)C)C(=O)OCC=C. The Morgan fingerprint density at radius 2 is 1.24 bits per heavy atom. The van der Waals surface area contributed by atoms with E-state index in [1.54, 1.807) is 0 Å². The van der Waals surface area contributed by atoms with Crippen molar-refractivity contribution in [2.75, 3.05) is 13.2 Å². The summed E-state index contributed by atoms with van der Waals surface area (Å²) in [4.78, 5) is 25.0. The minimum Gasteiger partial charge on any atom is -0.461 e. The zero-order valence-corrected chi connectivity index (χ0v) is 13.7. The molecule has 0 bridgehead atoms. The van der Waals surface area contributed by atoms with Crippen molar-refractivity contribution in [3.63, 3.8) is 0 Å². The number of hydrogen-bond donors (Lipinski definition) is 0. The van der Waals surface area contributed by atoms with Gasteiger partial charge in [-0.15, -0.1) is 0 Å². The van der Waals surface area contributed by atoms with E-state index in [1.165, 1.54) is 12.2 Å². The molecule has 21 heavy (non-hydrogen) atoms. The molecule has 0 aliphatic heterocycles. The van der Waals surface area contributed by atoms with Gasteiger partial charge in [0.05, 0.1) is 0 Å². The second-order valence-corrected chi connectivity index (χ2v) is 6.05. The first kappa shape index (κ1) is 19.4. The highest BCUT2D eigenvalue weighted by atomic mass is 16.6. The average Bonchev–Trinajstić information content (AvgIpc) is 2.39. The monoisotopic (exact) mass is 296 g/mol.